The molecular weight excluding hydrogens is 235 g/mol. The average molecular weight is 252 g/mol. The van der Waals surface area contributed by atoms with Crippen molar-refractivity contribution in [2.45, 2.75) is 18.9 Å². The number of hydrogen-bond acceptors (Lipinski definition) is 3. The van der Waals surface area contributed by atoms with Gasteiger partial charge >= 0.3 is 0 Å². The molecular formula is C13H17FN2O2. The fourth-order valence-corrected chi connectivity index (χ4v) is 2.09. The second-order valence-electron chi connectivity index (χ2n) is 4.34. The smallest absolute Gasteiger partial charge is 0.255 e. The molecule has 1 heterocycles. The van der Waals surface area contributed by atoms with Crippen LogP contribution in [0.25, 0.3) is 0 Å². The van der Waals surface area contributed by atoms with Gasteiger partial charge in [-0.05, 0) is 44.1 Å². The Morgan fingerprint density at radius 3 is 2.83 bits per heavy atom. The largest absolute Gasteiger partial charge is 0.496 e. The molecule has 1 amide bonds. The van der Waals surface area contributed by atoms with Crippen LogP contribution >= 0.6 is 0 Å². The molecule has 4 nitrogen and oxygen atoms in total. The Morgan fingerprint density at radius 2 is 2.17 bits per heavy atom. The summed E-state index contributed by atoms with van der Waals surface area (Å²) < 4.78 is 18.2. The lowest BCUT2D eigenvalue weighted by Gasteiger charge is -2.24. The van der Waals surface area contributed by atoms with E-state index in [4.69, 9.17) is 4.74 Å². The van der Waals surface area contributed by atoms with Crippen LogP contribution in [0.4, 0.5) is 4.39 Å². The van der Waals surface area contributed by atoms with Crippen molar-refractivity contribution in [3.05, 3.63) is 29.6 Å². The molecule has 1 aliphatic heterocycles. The first-order valence-corrected chi connectivity index (χ1v) is 6.06. The van der Waals surface area contributed by atoms with Gasteiger partial charge in [-0.2, -0.15) is 0 Å². The average Bonchev–Trinajstić information content (AvgIpc) is 2.40. The van der Waals surface area contributed by atoms with Gasteiger partial charge in [0, 0.05) is 6.04 Å². The zero-order valence-electron chi connectivity index (χ0n) is 10.3. The molecule has 1 aliphatic rings. The minimum absolute atomic E-state index is 0.145. The van der Waals surface area contributed by atoms with Crippen LogP contribution < -0.4 is 15.4 Å². The highest BCUT2D eigenvalue weighted by atomic mass is 19.1. The molecule has 2 rings (SSSR count). The summed E-state index contributed by atoms with van der Waals surface area (Å²) in [6.07, 6.45) is 1.78. The van der Waals surface area contributed by atoms with E-state index in [-0.39, 0.29) is 17.5 Å². The Morgan fingerprint density at radius 1 is 1.44 bits per heavy atom. The Balaban J connectivity index is 2.09. The number of rotatable bonds is 3. The first-order valence-electron chi connectivity index (χ1n) is 6.06. The van der Waals surface area contributed by atoms with Crippen molar-refractivity contribution in [3.63, 3.8) is 0 Å². The van der Waals surface area contributed by atoms with Gasteiger partial charge in [0.15, 0.2) is 0 Å². The summed E-state index contributed by atoms with van der Waals surface area (Å²) in [5.74, 6) is -0.327. The molecule has 98 valence electrons. The van der Waals surface area contributed by atoms with Gasteiger partial charge < -0.3 is 15.4 Å². The minimum atomic E-state index is -0.439. The number of amides is 1. The highest BCUT2D eigenvalue weighted by molar-refractivity contribution is 5.97. The van der Waals surface area contributed by atoms with Crippen molar-refractivity contribution >= 4 is 5.91 Å². The Kier molecular flexibility index (Phi) is 4.15. The quantitative estimate of drug-likeness (QED) is 0.853. The van der Waals surface area contributed by atoms with Gasteiger partial charge in [0.25, 0.3) is 5.91 Å². The van der Waals surface area contributed by atoms with E-state index < -0.39 is 5.82 Å². The number of carbonyl (C=O) groups excluding carboxylic acids is 1. The number of nitrogens with one attached hydrogen (secondary N) is 2. The molecule has 0 bridgehead atoms. The molecule has 2 N–H and O–H groups in total. The van der Waals surface area contributed by atoms with E-state index in [1.165, 1.54) is 25.3 Å². The van der Waals surface area contributed by atoms with Gasteiger partial charge in [0.2, 0.25) is 0 Å². The lowest BCUT2D eigenvalue weighted by Crippen LogP contribution is -2.42. The van der Waals surface area contributed by atoms with Crippen LogP contribution in [0.5, 0.6) is 5.75 Å². The molecule has 0 unspecified atom stereocenters. The van der Waals surface area contributed by atoms with Gasteiger partial charge in [-0.1, -0.05) is 0 Å². The third-order valence-corrected chi connectivity index (χ3v) is 3.08. The molecule has 18 heavy (non-hydrogen) atoms. The molecule has 5 heteroatoms. The lowest BCUT2D eigenvalue weighted by atomic mass is 10.1. The molecule has 1 saturated heterocycles. The molecule has 0 aliphatic carbocycles. The van der Waals surface area contributed by atoms with Crippen molar-refractivity contribution in [1.82, 2.24) is 10.6 Å². The fourth-order valence-electron chi connectivity index (χ4n) is 2.09. The van der Waals surface area contributed by atoms with Crippen molar-refractivity contribution in [2.24, 2.45) is 0 Å². The standard InChI is InChI=1S/C13H17FN2O2/c1-18-12-3-2-9(14)8-11(12)13(17)16-10-4-6-15-7-5-10/h2-3,8,10,15H,4-7H2,1H3,(H,16,17). The van der Waals surface area contributed by atoms with E-state index >= 15 is 0 Å². The van der Waals surface area contributed by atoms with E-state index in [1.807, 2.05) is 0 Å². The highest BCUT2D eigenvalue weighted by Gasteiger charge is 2.19. The monoisotopic (exact) mass is 252 g/mol. The number of benzene rings is 1. The van der Waals surface area contributed by atoms with Crippen LogP contribution in [-0.2, 0) is 0 Å². The number of piperidine rings is 1. The summed E-state index contributed by atoms with van der Waals surface area (Å²) in [6, 6.07) is 4.09. The summed E-state index contributed by atoms with van der Waals surface area (Å²) >= 11 is 0. The van der Waals surface area contributed by atoms with Crippen molar-refractivity contribution in [3.8, 4) is 5.75 Å². The first kappa shape index (κ1) is 12.8. The van der Waals surface area contributed by atoms with Crippen LogP contribution in [0.15, 0.2) is 18.2 Å². The lowest BCUT2D eigenvalue weighted by molar-refractivity contribution is 0.0926. The number of hydrogen-bond donors (Lipinski definition) is 2. The van der Waals surface area contributed by atoms with E-state index in [0.717, 1.165) is 25.9 Å². The van der Waals surface area contributed by atoms with Crippen molar-refractivity contribution in [2.75, 3.05) is 20.2 Å². The summed E-state index contributed by atoms with van der Waals surface area (Å²) in [5.41, 5.74) is 0.246. The van der Waals surface area contributed by atoms with Gasteiger partial charge in [0.1, 0.15) is 11.6 Å². The van der Waals surface area contributed by atoms with Crippen LogP contribution in [0.3, 0.4) is 0 Å². The van der Waals surface area contributed by atoms with Gasteiger partial charge in [0.05, 0.1) is 12.7 Å². The van der Waals surface area contributed by atoms with Gasteiger partial charge in [-0.3, -0.25) is 4.79 Å². The maximum absolute atomic E-state index is 13.2. The summed E-state index contributed by atoms with van der Waals surface area (Å²) in [5, 5.41) is 6.13. The molecule has 1 aromatic carbocycles. The van der Waals surface area contributed by atoms with E-state index in [1.54, 1.807) is 0 Å². The van der Waals surface area contributed by atoms with Gasteiger partial charge in [-0.25, -0.2) is 4.39 Å². The fraction of sp³-hybridized carbons (Fsp3) is 0.462. The Labute approximate surface area is 106 Å². The van der Waals surface area contributed by atoms with E-state index in [0.29, 0.717) is 5.75 Å². The minimum Gasteiger partial charge on any atom is -0.496 e. The van der Waals surface area contributed by atoms with E-state index in [2.05, 4.69) is 10.6 Å². The van der Waals surface area contributed by atoms with Gasteiger partial charge in [-0.15, -0.1) is 0 Å². The Bertz CT molecular complexity index is 431. The van der Waals surface area contributed by atoms with Crippen LogP contribution in [0.2, 0.25) is 0 Å². The number of halogens is 1. The zero-order chi connectivity index (χ0) is 13.0. The molecule has 0 spiro atoms. The maximum atomic E-state index is 13.2. The predicted molar refractivity (Wildman–Crippen MR) is 66.3 cm³/mol. The molecule has 0 radical (unpaired) electrons. The first-order chi connectivity index (χ1) is 8.70. The SMILES string of the molecule is COc1ccc(F)cc1C(=O)NC1CCNCC1. The molecule has 0 atom stereocenters. The topological polar surface area (TPSA) is 50.4 Å². The number of carbonyl (C=O) groups is 1. The third kappa shape index (κ3) is 2.98. The van der Waals surface area contributed by atoms with E-state index in [9.17, 15) is 9.18 Å². The molecule has 0 saturated carbocycles. The Hall–Kier alpha value is -1.62. The van der Waals surface area contributed by atoms with Crippen LogP contribution in [0, 0.1) is 5.82 Å². The molecule has 1 fully saturated rings. The zero-order valence-corrected chi connectivity index (χ0v) is 10.3. The van der Waals surface area contributed by atoms with Crippen LogP contribution in [-0.4, -0.2) is 32.1 Å². The second-order valence-corrected chi connectivity index (χ2v) is 4.34. The predicted octanol–water partition coefficient (Wildman–Crippen LogP) is 1.32. The summed E-state index contributed by atoms with van der Waals surface area (Å²) in [7, 11) is 1.47. The molecule has 1 aromatic rings. The number of methoxy groups -OCH3 is 1. The summed E-state index contributed by atoms with van der Waals surface area (Å²) in [4.78, 5) is 12.1. The van der Waals surface area contributed by atoms with Crippen molar-refractivity contribution < 1.29 is 13.9 Å². The van der Waals surface area contributed by atoms with Crippen LogP contribution in [0.1, 0.15) is 23.2 Å². The third-order valence-electron chi connectivity index (χ3n) is 3.08. The van der Waals surface area contributed by atoms with Crippen molar-refractivity contribution in [1.29, 1.82) is 0 Å². The maximum Gasteiger partial charge on any atom is 0.255 e. The highest BCUT2D eigenvalue weighted by Crippen LogP contribution is 2.19. The number of ether oxygens (including phenoxy) is 1. The second kappa shape index (κ2) is 5.82. The molecule has 0 aromatic heterocycles. The normalized spacial score (nSPS) is 16.3. The summed E-state index contributed by atoms with van der Waals surface area (Å²) in [6.45, 7) is 1.79.